The summed E-state index contributed by atoms with van der Waals surface area (Å²) < 4.78 is 0. The van der Waals surface area contributed by atoms with Gasteiger partial charge in [0, 0.05) is 0 Å². The highest BCUT2D eigenvalue weighted by molar-refractivity contribution is 4.57. The fourth-order valence-electron chi connectivity index (χ4n) is 0.220. The van der Waals surface area contributed by atoms with E-state index >= 15 is 0 Å². The van der Waals surface area contributed by atoms with Gasteiger partial charge in [-0.25, -0.2) is 0 Å². The molecule has 0 heterocycles. The number of hydrogen-bond acceptors (Lipinski definition) is 3. The first kappa shape index (κ1) is 7.40. The van der Waals surface area contributed by atoms with E-state index in [2.05, 4.69) is 10.2 Å². The zero-order chi connectivity index (χ0) is 6.62. The molecule has 0 bridgehead atoms. The van der Waals surface area contributed by atoms with Crippen LogP contribution in [0.1, 0.15) is 20.8 Å². The van der Waals surface area contributed by atoms with Crippen LogP contribution in [0, 0.1) is 10.3 Å². The monoisotopic (exact) mass is 117 g/mol. The Balaban J connectivity index is 3.24. The standard InChI is InChI=1S/C5H11NO2/c1-5(2,3)4-8-6-7/h4H2,1-3H3. The Morgan fingerprint density at radius 1 is 1.50 bits per heavy atom. The van der Waals surface area contributed by atoms with Gasteiger partial charge in [0.15, 0.2) is 5.34 Å². The first-order chi connectivity index (χ1) is 3.56. The Morgan fingerprint density at radius 3 is 2.12 bits per heavy atom. The lowest BCUT2D eigenvalue weighted by Crippen LogP contribution is -2.11. The molecule has 48 valence electrons. The maximum Gasteiger partial charge on any atom is 0.155 e. The normalized spacial score (nSPS) is 10.9. The number of hydrogen-bond donors (Lipinski definition) is 0. The Bertz CT molecular complexity index is 75.0. The van der Waals surface area contributed by atoms with E-state index in [0.717, 1.165) is 0 Å². The zero-order valence-electron chi connectivity index (χ0n) is 5.47. The summed E-state index contributed by atoms with van der Waals surface area (Å²) in [5.74, 6) is 0. The molecule has 0 spiro atoms. The maximum absolute atomic E-state index is 9.38. The Hall–Kier alpha value is -0.600. The predicted molar refractivity (Wildman–Crippen MR) is 31.2 cm³/mol. The van der Waals surface area contributed by atoms with Crippen molar-refractivity contribution in [1.29, 1.82) is 0 Å². The van der Waals surface area contributed by atoms with Crippen LogP contribution in [0.25, 0.3) is 0 Å². The first-order valence-electron chi connectivity index (χ1n) is 2.51. The smallest absolute Gasteiger partial charge is 0.155 e. The van der Waals surface area contributed by atoms with Gasteiger partial charge in [-0.1, -0.05) is 20.8 Å². The van der Waals surface area contributed by atoms with Crippen molar-refractivity contribution in [2.45, 2.75) is 20.8 Å². The molecule has 0 atom stereocenters. The van der Waals surface area contributed by atoms with Gasteiger partial charge in [-0.15, -0.1) is 4.91 Å². The van der Waals surface area contributed by atoms with Gasteiger partial charge in [-0.3, -0.25) is 0 Å². The second-order valence-electron chi connectivity index (χ2n) is 2.91. The van der Waals surface area contributed by atoms with Gasteiger partial charge < -0.3 is 4.84 Å². The third-order valence-electron chi connectivity index (χ3n) is 0.550. The highest BCUT2D eigenvalue weighted by atomic mass is 16.7. The van der Waals surface area contributed by atoms with Gasteiger partial charge in [-0.05, 0) is 5.41 Å². The minimum atomic E-state index is 0.0356. The molecule has 0 aliphatic rings. The van der Waals surface area contributed by atoms with E-state index < -0.39 is 0 Å². The van der Waals surface area contributed by atoms with Crippen molar-refractivity contribution in [2.24, 2.45) is 10.8 Å². The van der Waals surface area contributed by atoms with Crippen LogP contribution in [0.4, 0.5) is 0 Å². The molecule has 0 aromatic rings. The highest BCUT2D eigenvalue weighted by Crippen LogP contribution is 2.12. The van der Waals surface area contributed by atoms with Crippen molar-refractivity contribution in [3.8, 4) is 0 Å². The Morgan fingerprint density at radius 2 is 2.00 bits per heavy atom. The molecule has 3 heteroatoms. The van der Waals surface area contributed by atoms with Gasteiger partial charge >= 0.3 is 0 Å². The SMILES string of the molecule is CC(C)(C)CON=O. The molecule has 0 amide bonds. The summed E-state index contributed by atoms with van der Waals surface area (Å²) in [6.45, 7) is 6.30. The molecule has 8 heavy (non-hydrogen) atoms. The van der Waals surface area contributed by atoms with Gasteiger partial charge in [0.05, 0.1) is 0 Å². The van der Waals surface area contributed by atoms with Crippen molar-refractivity contribution in [3.63, 3.8) is 0 Å². The highest BCUT2D eigenvalue weighted by Gasteiger charge is 2.10. The van der Waals surface area contributed by atoms with E-state index in [9.17, 15) is 4.91 Å². The van der Waals surface area contributed by atoms with Crippen LogP contribution in [0.3, 0.4) is 0 Å². The topological polar surface area (TPSA) is 38.7 Å². The third kappa shape index (κ3) is 5.40. The van der Waals surface area contributed by atoms with Crippen molar-refractivity contribution >= 4 is 0 Å². The molecule has 3 nitrogen and oxygen atoms in total. The molecule has 0 saturated carbocycles. The lowest BCUT2D eigenvalue weighted by atomic mass is 9.99. The van der Waals surface area contributed by atoms with Crippen LogP contribution in [-0.2, 0) is 4.84 Å². The number of rotatable bonds is 2. The average molecular weight is 117 g/mol. The van der Waals surface area contributed by atoms with E-state index in [4.69, 9.17) is 0 Å². The summed E-state index contributed by atoms with van der Waals surface area (Å²) >= 11 is 0. The van der Waals surface area contributed by atoms with E-state index in [-0.39, 0.29) is 5.41 Å². The fraction of sp³-hybridized carbons (Fsp3) is 1.00. The van der Waals surface area contributed by atoms with Crippen LogP contribution in [-0.4, -0.2) is 6.61 Å². The van der Waals surface area contributed by atoms with E-state index in [0.29, 0.717) is 6.61 Å². The van der Waals surface area contributed by atoms with E-state index in [1.54, 1.807) is 0 Å². The predicted octanol–water partition coefficient (Wildman–Crippen LogP) is 1.73. The van der Waals surface area contributed by atoms with Gasteiger partial charge in [-0.2, -0.15) is 0 Å². The van der Waals surface area contributed by atoms with Crippen molar-refractivity contribution in [2.75, 3.05) is 6.61 Å². The molecule has 0 fully saturated rings. The molecule has 0 unspecified atom stereocenters. The largest absolute Gasteiger partial charge is 0.364 e. The molecule has 0 aliphatic heterocycles. The van der Waals surface area contributed by atoms with Crippen molar-refractivity contribution in [1.82, 2.24) is 0 Å². The molecule has 0 aliphatic carbocycles. The molecule has 0 aromatic heterocycles. The minimum Gasteiger partial charge on any atom is -0.364 e. The third-order valence-corrected chi connectivity index (χ3v) is 0.550. The average Bonchev–Trinajstić information content (AvgIpc) is 1.59. The molecule has 0 radical (unpaired) electrons. The lowest BCUT2D eigenvalue weighted by Gasteiger charge is -2.13. The van der Waals surface area contributed by atoms with Crippen LogP contribution >= 0.6 is 0 Å². The van der Waals surface area contributed by atoms with Gasteiger partial charge in [0.2, 0.25) is 0 Å². The molecular formula is C5H11NO2. The summed E-state index contributed by atoms with van der Waals surface area (Å²) in [5.41, 5.74) is 0.0356. The van der Waals surface area contributed by atoms with Crippen molar-refractivity contribution in [3.05, 3.63) is 4.91 Å². The van der Waals surface area contributed by atoms with Crippen LogP contribution in [0.2, 0.25) is 0 Å². The van der Waals surface area contributed by atoms with Crippen LogP contribution in [0.5, 0.6) is 0 Å². The van der Waals surface area contributed by atoms with Crippen molar-refractivity contribution < 1.29 is 4.84 Å². The van der Waals surface area contributed by atoms with Gasteiger partial charge in [0.25, 0.3) is 0 Å². The van der Waals surface area contributed by atoms with E-state index in [1.807, 2.05) is 20.8 Å². The zero-order valence-corrected chi connectivity index (χ0v) is 5.47. The quantitative estimate of drug-likeness (QED) is 0.408. The molecular weight excluding hydrogens is 106 g/mol. The summed E-state index contributed by atoms with van der Waals surface area (Å²) in [7, 11) is 0. The molecule has 0 rings (SSSR count). The van der Waals surface area contributed by atoms with Crippen LogP contribution in [0.15, 0.2) is 5.34 Å². The molecule has 0 saturated heterocycles. The Labute approximate surface area is 49.0 Å². The second-order valence-corrected chi connectivity index (χ2v) is 2.91. The fourth-order valence-corrected chi connectivity index (χ4v) is 0.220. The summed E-state index contributed by atoms with van der Waals surface area (Å²) in [6.07, 6.45) is 0. The summed E-state index contributed by atoms with van der Waals surface area (Å²) in [6, 6.07) is 0. The van der Waals surface area contributed by atoms with Crippen LogP contribution < -0.4 is 0 Å². The molecule has 0 aromatic carbocycles. The second kappa shape index (κ2) is 2.64. The first-order valence-corrected chi connectivity index (χ1v) is 2.51. The molecule has 0 N–H and O–H groups in total. The summed E-state index contributed by atoms with van der Waals surface area (Å²) in [4.78, 5) is 13.6. The van der Waals surface area contributed by atoms with E-state index in [1.165, 1.54) is 0 Å². The maximum atomic E-state index is 9.38. The lowest BCUT2D eigenvalue weighted by molar-refractivity contribution is 0.0737. The minimum absolute atomic E-state index is 0.0356. The summed E-state index contributed by atoms with van der Waals surface area (Å²) in [5, 5.41) is 2.27. The Kier molecular flexibility index (Phi) is 2.45. The number of nitrogens with zero attached hydrogens (tertiary/aromatic N) is 1. The van der Waals surface area contributed by atoms with Gasteiger partial charge in [0.1, 0.15) is 6.61 Å².